The second kappa shape index (κ2) is 7.38. The third kappa shape index (κ3) is 3.40. The first-order valence-electron chi connectivity index (χ1n) is 8.45. The molecule has 2 aromatic carbocycles. The summed E-state index contributed by atoms with van der Waals surface area (Å²) in [6, 6.07) is 12.0. The number of anilines is 1. The highest BCUT2D eigenvalue weighted by Crippen LogP contribution is 2.25. The molecule has 1 heterocycles. The van der Waals surface area contributed by atoms with E-state index in [1.54, 1.807) is 36.0 Å². The molecule has 0 aliphatic carbocycles. The predicted octanol–water partition coefficient (Wildman–Crippen LogP) is 3.53. The topological polar surface area (TPSA) is 49.9 Å². The number of halogens is 1. The molecule has 1 fully saturated rings. The summed E-state index contributed by atoms with van der Waals surface area (Å²) >= 11 is 6.04. The lowest BCUT2D eigenvalue weighted by Crippen LogP contribution is -2.57. The number of nitrogens with zero attached hydrogens (tertiary/aromatic N) is 2. The third-order valence-electron chi connectivity index (χ3n) is 4.73. The number of rotatable bonds is 3. The van der Waals surface area contributed by atoms with Crippen LogP contribution in [-0.4, -0.2) is 43.0 Å². The molecule has 1 aliphatic heterocycles. The van der Waals surface area contributed by atoms with E-state index in [2.05, 4.69) is 0 Å². The molecule has 1 atom stereocenters. The van der Waals surface area contributed by atoms with E-state index in [1.807, 2.05) is 37.3 Å². The highest BCUT2D eigenvalue weighted by atomic mass is 35.5. The van der Waals surface area contributed by atoms with Gasteiger partial charge in [0.25, 0.3) is 5.91 Å². The molecule has 2 aromatic rings. The van der Waals surface area contributed by atoms with Crippen LogP contribution in [0.15, 0.2) is 42.5 Å². The SMILES string of the molecule is COc1ccc(N2CCN(C(=O)c3cc(Cl)ccc3C)[C@H](C)C2=O)cc1. The van der Waals surface area contributed by atoms with Crippen LogP contribution >= 0.6 is 11.6 Å². The Labute approximate surface area is 158 Å². The third-order valence-corrected chi connectivity index (χ3v) is 4.97. The monoisotopic (exact) mass is 372 g/mol. The number of piperazine rings is 1. The van der Waals surface area contributed by atoms with E-state index in [0.29, 0.717) is 23.7 Å². The molecule has 0 aromatic heterocycles. The van der Waals surface area contributed by atoms with Crippen molar-refractivity contribution in [3.8, 4) is 5.75 Å². The number of hydrogen-bond donors (Lipinski definition) is 0. The fourth-order valence-corrected chi connectivity index (χ4v) is 3.32. The summed E-state index contributed by atoms with van der Waals surface area (Å²) < 4.78 is 5.16. The normalized spacial score (nSPS) is 17.4. The largest absolute Gasteiger partial charge is 0.497 e. The lowest BCUT2D eigenvalue weighted by Gasteiger charge is -2.39. The lowest BCUT2D eigenvalue weighted by molar-refractivity contribution is -0.124. The zero-order valence-electron chi connectivity index (χ0n) is 15.0. The number of carbonyl (C=O) groups is 2. The Balaban J connectivity index is 1.80. The van der Waals surface area contributed by atoms with Crippen molar-refractivity contribution in [2.24, 2.45) is 0 Å². The number of hydrogen-bond acceptors (Lipinski definition) is 3. The van der Waals surface area contributed by atoms with E-state index in [1.165, 1.54) is 0 Å². The maximum atomic E-state index is 12.9. The van der Waals surface area contributed by atoms with Gasteiger partial charge in [0, 0.05) is 29.4 Å². The lowest BCUT2D eigenvalue weighted by atomic mass is 10.0. The van der Waals surface area contributed by atoms with Crippen LogP contribution in [-0.2, 0) is 4.79 Å². The second-order valence-electron chi connectivity index (χ2n) is 6.32. The minimum absolute atomic E-state index is 0.102. The highest BCUT2D eigenvalue weighted by molar-refractivity contribution is 6.31. The van der Waals surface area contributed by atoms with Crippen LogP contribution < -0.4 is 9.64 Å². The Kier molecular flexibility index (Phi) is 5.18. The first-order valence-corrected chi connectivity index (χ1v) is 8.82. The van der Waals surface area contributed by atoms with Crippen LogP contribution in [0.3, 0.4) is 0 Å². The fourth-order valence-electron chi connectivity index (χ4n) is 3.15. The molecule has 0 spiro atoms. The van der Waals surface area contributed by atoms with Crippen LogP contribution in [0.25, 0.3) is 0 Å². The molecule has 0 saturated carbocycles. The van der Waals surface area contributed by atoms with Crippen molar-refractivity contribution in [1.82, 2.24) is 4.90 Å². The molecule has 0 N–H and O–H groups in total. The van der Waals surface area contributed by atoms with Gasteiger partial charge in [0.15, 0.2) is 0 Å². The smallest absolute Gasteiger partial charge is 0.254 e. The Morgan fingerprint density at radius 2 is 1.85 bits per heavy atom. The van der Waals surface area contributed by atoms with Crippen molar-refractivity contribution in [2.45, 2.75) is 19.9 Å². The average molecular weight is 373 g/mol. The summed E-state index contributed by atoms with van der Waals surface area (Å²) in [7, 11) is 1.60. The predicted molar refractivity (Wildman–Crippen MR) is 102 cm³/mol. The van der Waals surface area contributed by atoms with Gasteiger partial charge in [0.2, 0.25) is 5.91 Å². The standard InChI is InChI=1S/C20H21ClN2O3/c1-13-4-5-15(21)12-18(13)20(25)22-10-11-23(19(24)14(22)2)16-6-8-17(26-3)9-7-16/h4-9,12,14H,10-11H2,1-3H3/t14-/m1/s1. The van der Waals surface area contributed by atoms with Crippen LogP contribution in [0.4, 0.5) is 5.69 Å². The minimum Gasteiger partial charge on any atom is -0.497 e. The van der Waals surface area contributed by atoms with Gasteiger partial charge in [0.05, 0.1) is 7.11 Å². The van der Waals surface area contributed by atoms with Crippen molar-refractivity contribution < 1.29 is 14.3 Å². The zero-order chi connectivity index (χ0) is 18.8. The van der Waals surface area contributed by atoms with Crippen molar-refractivity contribution >= 4 is 29.1 Å². The molecule has 6 heteroatoms. The molecule has 26 heavy (non-hydrogen) atoms. The van der Waals surface area contributed by atoms with Crippen molar-refractivity contribution in [3.63, 3.8) is 0 Å². The molecule has 136 valence electrons. The van der Waals surface area contributed by atoms with Crippen LogP contribution in [0.1, 0.15) is 22.8 Å². The number of amides is 2. The summed E-state index contributed by atoms with van der Waals surface area (Å²) in [6.07, 6.45) is 0. The van der Waals surface area contributed by atoms with Gasteiger partial charge in [-0.2, -0.15) is 0 Å². The quantitative estimate of drug-likeness (QED) is 0.828. The summed E-state index contributed by atoms with van der Waals surface area (Å²) in [5.41, 5.74) is 2.18. The number of ether oxygens (including phenoxy) is 1. The molecular weight excluding hydrogens is 352 g/mol. The van der Waals surface area contributed by atoms with Crippen molar-refractivity contribution in [2.75, 3.05) is 25.1 Å². The number of methoxy groups -OCH3 is 1. The summed E-state index contributed by atoms with van der Waals surface area (Å²) in [6.45, 7) is 4.53. The van der Waals surface area contributed by atoms with Gasteiger partial charge >= 0.3 is 0 Å². The maximum Gasteiger partial charge on any atom is 0.254 e. The fraction of sp³-hybridized carbons (Fsp3) is 0.300. The number of benzene rings is 2. The van der Waals surface area contributed by atoms with Gasteiger partial charge in [0.1, 0.15) is 11.8 Å². The van der Waals surface area contributed by atoms with E-state index < -0.39 is 6.04 Å². The Morgan fingerprint density at radius 3 is 2.50 bits per heavy atom. The average Bonchev–Trinajstić information content (AvgIpc) is 2.65. The number of carbonyl (C=O) groups excluding carboxylic acids is 2. The van der Waals surface area contributed by atoms with E-state index in [9.17, 15) is 9.59 Å². The summed E-state index contributed by atoms with van der Waals surface area (Å²) in [5.74, 6) is 0.467. The molecule has 0 unspecified atom stereocenters. The maximum absolute atomic E-state index is 12.9. The first-order chi connectivity index (χ1) is 12.4. The van der Waals surface area contributed by atoms with Gasteiger partial charge in [-0.15, -0.1) is 0 Å². The summed E-state index contributed by atoms with van der Waals surface area (Å²) in [4.78, 5) is 29.1. The van der Waals surface area contributed by atoms with Crippen LogP contribution in [0, 0.1) is 6.92 Å². The van der Waals surface area contributed by atoms with Gasteiger partial charge in [-0.3, -0.25) is 9.59 Å². The minimum atomic E-state index is -0.545. The molecular formula is C20H21ClN2O3. The van der Waals surface area contributed by atoms with Crippen molar-refractivity contribution in [3.05, 3.63) is 58.6 Å². The molecule has 5 nitrogen and oxygen atoms in total. The zero-order valence-corrected chi connectivity index (χ0v) is 15.8. The van der Waals surface area contributed by atoms with Gasteiger partial charge < -0.3 is 14.5 Å². The molecule has 2 amide bonds. The van der Waals surface area contributed by atoms with Crippen molar-refractivity contribution in [1.29, 1.82) is 0 Å². The Hall–Kier alpha value is -2.53. The van der Waals surface area contributed by atoms with Gasteiger partial charge in [-0.1, -0.05) is 17.7 Å². The van der Waals surface area contributed by atoms with Crippen LogP contribution in [0.2, 0.25) is 5.02 Å². The summed E-state index contributed by atoms with van der Waals surface area (Å²) in [5, 5.41) is 0.509. The van der Waals surface area contributed by atoms with Gasteiger partial charge in [-0.05, 0) is 55.8 Å². The molecule has 0 radical (unpaired) electrons. The molecule has 3 rings (SSSR count). The van der Waals surface area contributed by atoms with E-state index in [4.69, 9.17) is 16.3 Å². The molecule has 0 bridgehead atoms. The first kappa shape index (κ1) is 18.3. The van der Waals surface area contributed by atoms with E-state index >= 15 is 0 Å². The Morgan fingerprint density at radius 1 is 1.15 bits per heavy atom. The van der Waals surface area contributed by atoms with E-state index in [0.717, 1.165) is 17.0 Å². The van der Waals surface area contributed by atoms with Crippen LogP contribution in [0.5, 0.6) is 5.75 Å². The van der Waals surface area contributed by atoms with E-state index in [-0.39, 0.29) is 11.8 Å². The molecule has 1 aliphatic rings. The highest BCUT2D eigenvalue weighted by Gasteiger charge is 2.35. The van der Waals surface area contributed by atoms with Gasteiger partial charge in [-0.25, -0.2) is 0 Å². The molecule has 1 saturated heterocycles. The number of aryl methyl sites for hydroxylation is 1. The Bertz CT molecular complexity index is 835. The second-order valence-corrected chi connectivity index (χ2v) is 6.76.